The maximum Gasteiger partial charge on any atom is 0.122 e. The lowest BCUT2D eigenvalue weighted by Crippen LogP contribution is -1.98. The first-order valence-corrected chi connectivity index (χ1v) is 7.68. The second-order valence-corrected chi connectivity index (χ2v) is 5.93. The van der Waals surface area contributed by atoms with Crippen molar-refractivity contribution in [2.24, 2.45) is 5.73 Å². The highest BCUT2D eigenvalue weighted by molar-refractivity contribution is 7.98. The Labute approximate surface area is 125 Å². The summed E-state index contributed by atoms with van der Waals surface area (Å²) in [6.07, 6.45) is 0. The van der Waals surface area contributed by atoms with Gasteiger partial charge in [-0.1, -0.05) is 12.1 Å². The monoisotopic (exact) mass is 287 g/mol. The van der Waals surface area contributed by atoms with Gasteiger partial charge in [0.25, 0.3) is 0 Å². The maximum absolute atomic E-state index is 5.71. The van der Waals surface area contributed by atoms with Gasteiger partial charge < -0.3 is 10.5 Å². The molecule has 20 heavy (non-hydrogen) atoms. The number of hydrogen-bond acceptors (Lipinski definition) is 3. The second-order valence-electron chi connectivity index (χ2n) is 4.89. The predicted octanol–water partition coefficient (Wildman–Crippen LogP) is 4.06. The van der Waals surface area contributed by atoms with Gasteiger partial charge in [0.1, 0.15) is 5.75 Å². The topological polar surface area (TPSA) is 35.2 Å². The van der Waals surface area contributed by atoms with Gasteiger partial charge in [-0.2, -0.15) is 0 Å². The number of methoxy groups -OCH3 is 1. The van der Waals surface area contributed by atoms with Crippen molar-refractivity contribution in [2.75, 3.05) is 7.11 Å². The molecule has 0 bridgehead atoms. The highest BCUT2D eigenvalue weighted by atomic mass is 32.2. The van der Waals surface area contributed by atoms with E-state index in [1.807, 2.05) is 23.9 Å². The fraction of sp³-hybridized carbons (Fsp3) is 0.294. The average molecular weight is 287 g/mol. The lowest BCUT2D eigenvalue weighted by molar-refractivity contribution is 0.411. The Morgan fingerprint density at radius 2 is 1.85 bits per heavy atom. The molecule has 0 radical (unpaired) electrons. The summed E-state index contributed by atoms with van der Waals surface area (Å²) >= 11 is 1.82. The number of ether oxygens (including phenoxy) is 1. The van der Waals surface area contributed by atoms with Gasteiger partial charge in [0.15, 0.2) is 0 Å². The third-order valence-corrected chi connectivity index (χ3v) is 4.50. The van der Waals surface area contributed by atoms with Crippen LogP contribution in [0.2, 0.25) is 0 Å². The minimum Gasteiger partial charge on any atom is -0.496 e. The van der Waals surface area contributed by atoms with Crippen LogP contribution in [-0.4, -0.2) is 7.11 Å². The smallest absolute Gasteiger partial charge is 0.122 e. The van der Waals surface area contributed by atoms with Crippen LogP contribution in [0.3, 0.4) is 0 Å². The van der Waals surface area contributed by atoms with E-state index in [1.54, 1.807) is 7.11 Å². The third kappa shape index (κ3) is 3.56. The van der Waals surface area contributed by atoms with Crippen LogP contribution in [0.4, 0.5) is 0 Å². The molecular weight excluding hydrogens is 266 g/mol. The molecule has 3 heteroatoms. The molecule has 0 unspecified atom stereocenters. The Bertz CT molecular complexity index is 596. The number of rotatable bonds is 5. The van der Waals surface area contributed by atoms with Crippen molar-refractivity contribution in [3.8, 4) is 5.75 Å². The fourth-order valence-corrected chi connectivity index (χ4v) is 3.01. The van der Waals surface area contributed by atoms with Crippen molar-refractivity contribution < 1.29 is 4.74 Å². The molecule has 2 nitrogen and oxygen atoms in total. The minimum atomic E-state index is 0.561. The van der Waals surface area contributed by atoms with Crippen LogP contribution in [-0.2, 0) is 12.3 Å². The Kier molecular flexibility index (Phi) is 5.10. The summed E-state index contributed by atoms with van der Waals surface area (Å²) in [5, 5.41) is 0. The average Bonchev–Trinajstić information content (AvgIpc) is 2.48. The van der Waals surface area contributed by atoms with Crippen molar-refractivity contribution in [3.63, 3.8) is 0 Å². The van der Waals surface area contributed by atoms with Crippen LogP contribution >= 0.6 is 11.8 Å². The molecule has 0 saturated carbocycles. The van der Waals surface area contributed by atoms with Gasteiger partial charge in [0, 0.05) is 22.8 Å². The molecule has 0 aromatic heterocycles. The predicted molar refractivity (Wildman–Crippen MR) is 86.4 cm³/mol. The van der Waals surface area contributed by atoms with E-state index in [-0.39, 0.29) is 0 Å². The Hall–Kier alpha value is -1.45. The van der Waals surface area contributed by atoms with E-state index in [0.717, 1.165) is 17.1 Å². The van der Waals surface area contributed by atoms with E-state index < -0.39 is 0 Å². The first kappa shape index (κ1) is 14.9. The van der Waals surface area contributed by atoms with Crippen molar-refractivity contribution in [3.05, 3.63) is 58.7 Å². The molecule has 0 aliphatic rings. The van der Waals surface area contributed by atoms with E-state index in [9.17, 15) is 0 Å². The van der Waals surface area contributed by atoms with Gasteiger partial charge >= 0.3 is 0 Å². The molecule has 0 amide bonds. The Balaban J connectivity index is 2.15. The van der Waals surface area contributed by atoms with E-state index in [0.29, 0.717) is 6.54 Å². The van der Waals surface area contributed by atoms with Gasteiger partial charge in [-0.05, 0) is 54.8 Å². The summed E-state index contributed by atoms with van der Waals surface area (Å²) < 4.78 is 5.42. The SMILES string of the molecule is COc1ccc(CN)cc1CSc1ccc(C)c(C)c1. The normalized spacial score (nSPS) is 10.6. The number of benzene rings is 2. The van der Waals surface area contributed by atoms with Crippen LogP contribution in [0.25, 0.3) is 0 Å². The molecule has 2 aromatic rings. The molecule has 0 fully saturated rings. The van der Waals surface area contributed by atoms with Gasteiger partial charge in [-0.15, -0.1) is 11.8 Å². The molecular formula is C17H21NOS. The van der Waals surface area contributed by atoms with E-state index in [4.69, 9.17) is 10.5 Å². The first-order valence-electron chi connectivity index (χ1n) is 6.70. The van der Waals surface area contributed by atoms with Crippen molar-refractivity contribution >= 4 is 11.8 Å². The second kappa shape index (κ2) is 6.82. The number of thioether (sulfide) groups is 1. The Morgan fingerprint density at radius 1 is 1.05 bits per heavy atom. The van der Waals surface area contributed by atoms with Crippen LogP contribution in [0.1, 0.15) is 22.3 Å². The zero-order valence-electron chi connectivity index (χ0n) is 12.3. The zero-order valence-corrected chi connectivity index (χ0v) is 13.1. The lowest BCUT2D eigenvalue weighted by Gasteiger charge is -2.11. The van der Waals surface area contributed by atoms with Gasteiger partial charge in [0.05, 0.1) is 7.11 Å². The largest absolute Gasteiger partial charge is 0.496 e. The molecule has 2 N–H and O–H groups in total. The molecule has 106 valence electrons. The molecule has 0 aliphatic heterocycles. The van der Waals surface area contributed by atoms with Crippen LogP contribution in [0, 0.1) is 13.8 Å². The van der Waals surface area contributed by atoms with Crippen molar-refractivity contribution in [2.45, 2.75) is 31.0 Å². The number of hydrogen-bond donors (Lipinski definition) is 1. The van der Waals surface area contributed by atoms with E-state index in [1.165, 1.54) is 21.6 Å². The third-order valence-electron chi connectivity index (χ3n) is 3.45. The maximum atomic E-state index is 5.71. The van der Waals surface area contributed by atoms with E-state index in [2.05, 4.69) is 38.1 Å². The van der Waals surface area contributed by atoms with Crippen LogP contribution < -0.4 is 10.5 Å². The summed E-state index contributed by atoms with van der Waals surface area (Å²) in [4.78, 5) is 1.29. The summed E-state index contributed by atoms with van der Waals surface area (Å²) in [7, 11) is 1.71. The first-order chi connectivity index (χ1) is 9.63. The summed E-state index contributed by atoms with van der Waals surface area (Å²) in [6, 6.07) is 12.7. The molecule has 0 spiro atoms. The highest BCUT2D eigenvalue weighted by Crippen LogP contribution is 2.29. The van der Waals surface area contributed by atoms with Gasteiger partial charge in [-0.3, -0.25) is 0 Å². The van der Waals surface area contributed by atoms with Crippen molar-refractivity contribution in [1.82, 2.24) is 0 Å². The molecule has 0 atom stereocenters. The highest BCUT2D eigenvalue weighted by Gasteiger charge is 2.05. The Morgan fingerprint density at radius 3 is 2.50 bits per heavy atom. The quantitative estimate of drug-likeness (QED) is 0.842. The molecule has 2 aromatic carbocycles. The van der Waals surface area contributed by atoms with Crippen LogP contribution in [0.5, 0.6) is 5.75 Å². The molecule has 2 rings (SSSR count). The minimum absolute atomic E-state index is 0.561. The molecule has 0 saturated heterocycles. The summed E-state index contributed by atoms with van der Waals surface area (Å²) in [6.45, 7) is 4.85. The summed E-state index contributed by atoms with van der Waals surface area (Å²) in [5.74, 6) is 1.82. The van der Waals surface area contributed by atoms with Gasteiger partial charge in [-0.25, -0.2) is 0 Å². The standard InChI is InChI=1S/C17H21NOS/c1-12-4-6-16(8-13(12)2)20-11-15-9-14(10-18)5-7-17(15)19-3/h4-9H,10-11,18H2,1-3H3. The zero-order chi connectivity index (χ0) is 14.5. The number of nitrogens with two attached hydrogens (primary N) is 1. The lowest BCUT2D eigenvalue weighted by atomic mass is 10.1. The summed E-state index contributed by atoms with van der Waals surface area (Å²) in [5.41, 5.74) is 10.7. The molecule has 0 heterocycles. The van der Waals surface area contributed by atoms with Crippen molar-refractivity contribution in [1.29, 1.82) is 0 Å². The molecule has 0 aliphatic carbocycles. The van der Waals surface area contributed by atoms with E-state index >= 15 is 0 Å². The van der Waals surface area contributed by atoms with Gasteiger partial charge in [0.2, 0.25) is 0 Å². The fourth-order valence-electron chi connectivity index (χ4n) is 2.04. The van der Waals surface area contributed by atoms with Crippen LogP contribution in [0.15, 0.2) is 41.3 Å². The number of aryl methyl sites for hydroxylation is 2.